The average Bonchev–Trinajstić information content (AvgIpc) is 3.61. The van der Waals surface area contributed by atoms with Crippen LogP contribution >= 0.6 is 11.8 Å². The molecule has 4 nitrogen and oxygen atoms in total. The molecule has 2 aromatic carbocycles. The van der Waals surface area contributed by atoms with Crippen molar-refractivity contribution in [1.82, 2.24) is 9.88 Å². The summed E-state index contributed by atoms with van der Waals surface area (Å²) in [4.78, 5) is 14.1. The Kier molecular flexibility index (Phi) is 6.45. The molecule has 1 aromatic heterocycles. The lowest BCUT2D eigenvalue weighted by Gasteiger charge is -2.27. The highest BCUT2D eigenvalue weighted by Crippen LogP contribution is 2.50. The molecule has 1 saturated carbocycles. The first-order valence-corrected chi connectivity index (χ1v) is 12.9. The molecular weight excluding hydrogens is 485 g/mol. The van der Waals surface area contributed by atoms with E-state index in [2.05, 4.69) is 19.2 Å². The highest BCUT2D eigenvalue weighted by atomic mass is 32.2. The molecule has 0 radical (unpaired) electrons. The van der Waals surface area contributed by atoms with E-state index in [1.165, 1.54) is 43.1 Å². The fraction of sp³-hybridized carbons (Fsp3) is 0.393. The summed E-state index contributed by atoms with van der Waals surface area (Å²) in [5.74, 6) is -1.91. The lowest BCUT2D eigenvalue weighted by Crippen LogP contribution is -2.39. The van der Waals surface area contributed by atoms with E-state index in [4.69, 9.17) is 4.74 Å². The van der Waals surface area contributed by atoms with Crippen LogP contribution in [0.5, 0.6) is 5.75 Å². The monoisotopic (exact) mass is 514 g/mol. The highest BCUT2D eigenvalue weighted by molar-refractivity contribution is 8.00. The van der Waals surface area contributed by atoms with Gasteiger partial charge >= 0.3 is 0 Å². The Morgan fingerprint density at radius 1 is 1.08 bits per heavy atom. The predicted molar refractivity (Wildman–Crippen MR) is 137 cm³/mol. The minimum atomic E-state index is -0.650. The quantitative estimate of drug-likeness (QED) is 0.419. The summed E-state index contributed by atoms with van der Waals surface area (Å²) >= 11 is 1.53. The molecule has 5 rings (SSSR count). The van der Waals surface area contributed by atoms with Crippen molar-refractivity contribution >= 4 is 11.8 Å². The molecule has 1 aliphatic heterocycles. The van der Waals surface area contributed by atoms with E-state index in [1.54, 1.807) is 23.6 Å². The van der Waals surface area contributed by atoms with Crippen molar-refractivity contribution in [3.8, 4) is 16.9 Å². The van der Waals surface area contributed by atoms with Crippen LogP contribution in [0.3, 0.4) is 0 Å². The molecule has 2 aliphatic rings. The van der Waals surface area contributed by atoms with Gasteiger partial charge in [0.1, 0.15) is 11.6 Å². The fourth-order valence-electron chi connectivity index (χ4n) is 5.02. The van der Waals surface area contributed by atoms with Gasteiger partial charge in [0.15, 0.2) is 11.6 Å². The van der Waals surface area contributed by atoms with Gasteiger partial charge in [-0.2, -0.15) is 0 Å². The lowest BCUT2D eigenvalue weighted by atomic mass is 9.93. The zero-order chi connectivity index (χ0) is 25.8. The van der Waals surface area contributed by atoms with Crippen LogP contribution in [-0.4, -0.2) is 29.0 Å². The van der Waals surface area contributed by atoms with Crippen molar-refractivity contribution < 1.29 is 17.9 Å². The van der Waals surface area contributed by atoms with Gasteiger partial charge in [-0.25, -0.2) is 13.2 Å². The number of nitrogens with one attached hydrogen (secondary N) is 1. The van der Waals surface area contributed by atoms with Gasteiger partial charge in [0.2, 0.25) is 0 Å². The van der Waals surface area contributed by atoms with E-state index in [0.29, 0.717) is 28.7 Å². The van der Waals surface area contributed by atoms with Crippen molar-refractivity contribution in [1.29, 1.82) is 0 Å². The Bertz CT molecular complexity index is 1380. The van der Waals surface area contributed by atoms with Gasteiger partial charge in [-0.1, -0.05) is 30.0 Å². The third-order valence-electron chi connectivity index (χ3n) is 7.26. The normalized spacial score (nSPS) is 18.4. The number of pyridine rings is 1. The zero-order valence-electron chi connectivity index (χ0n) is 20.8. The third kappa shape index (κ3) is 4.24. The van der Waals surface area contributed by atoms with Crippen molar-refractivity contribution in [2.24, 2.45) is 0 Å². The number of nitrogens with zero attached hydrogens (tertiary/aromatic N) is 1. The van der Waals surface area contributed by atoms with Gasteiger partial charge < -0.3 is 10.1 Å². The van der Waals surface area contributed by atoms with Crippen LogP contribution in [0.4, 0.5) is 13.2 Å². The summed E-state index contributed by atoms with van der Waals surface area (Å²) < 4.78 is 51.4. The number of hydrogen-bond donors (Lipinski definition) is 1. The molecule has 3 aromatic rings. The minimum absolute atomic E-state index is 0.0279. The summed E-state index contributed by atoms with van der Waals surface area (Å²) in [5, 5.41) is 4.21. The maximum atomic E-state index is 15.5. The molecular formula is C28H29F3N2O2S. The van der Waals surface area contributed by atoms with Crippen LogP contribution in [0.25, 0.3) is 11.1 Å². The second-order valence-corrected chi connectivity index (χ2v) is 11.7. The molecule has 1 unspecified atom stereocenters. The SMILES string of the molecule is COc1cccc(-c2c(C)c(Cc3c(F)cccc3F)c3n(c2=O)C(CNC2CC2)C(C)(C)S3)c1F. The maximum absolute atomic E-state index is 15.5. The van der Waals surface area contributed by atoms with Crippen LogP contribution < -0.4 is 15.6 Å². The Morgan fingerprint density at radius 2 is 1.75 bits per heavy atom. The van der Waals surface area contributed by atoms with Gasteiger partial charge in [0.25, 0.3) is 5.56 Å². The van der Waals surface area contributed by atoms with Crippen molar-refractivity contribution in [3.63, 3.8) is 0 Å². The van der Waals surface area contributed by atoms with Crippen LogP contribution in [0.15, 0.2) is 46.2 Å². The van der Waals surface area contributed by atoms with Crippen LogP contribution in [-0.2, 0) is 6.42 Å². The van der Waals surface area contributed by atoms with E-state index in [1.807, 2.05) is 0 Å². The lowest BCUT2D eigenvalue weighted by molar-refractivity contribution is 0.377. The van der Waals surface area contributed by atoms with Crippen molar-refractivity contribution in [2.75, 3.05) is 13.7 Å². The smallest absolute Gasteiger partial charge is 0.260 e. The number of fused-ring (bicyclic) bond motifs is 1. The number of thioether (sulfide) groups is 1. The van der Waals surface area contributed by atoms with Gasteiger partial charge in [-0.3, -0.25) is 9.36 Å². The number of hydrogen-bond acceptors (Lipinski definition) is 4. The minimum Gasteiger partial charge on any atom is -0.494 e. The first-order valence-electron chi connectivity index (χ1n) is 12.1. The number of benzene rings is 2. The Morgan fingerprint density at radius 3 is 2.39 bits per heavy atom. The fourth-order valence-corrected chi connectivity index (χ4v) is 6.50. The number of aromatic nitrogens is 1. The highest BCUT2D eigenvalue weighted by Gasteiger charge is 2.44. The summed E-state index contributed by atoms with van der Waals surface area (Å²) in [7, 11) is 1.37. The summed E-state index contributed by atoms with van der Waals surface area (Å²) in [5.41, 5.74) is 1.07. The Balaban J connectivity index is 1.77. The molecule has 1 N–H and O–H groups in total. The van der Waals surface area contributed by atoms with E-state index in [-0.39, 0.29) is 45.2 Å². The van der Waals surface area contributed by atoms with Gasteiger partial charge in [0, 0.05) is 34.9 Å². The maximum Gasteiger partial charge on any atom is 0.260 e. The molecule has 0 amide bonds. The zero-order valence-corrected chi connectivity index (χ0v) is 21.6. The largest absolute Gasteiger partial charge is 0.494 e. The molecule has 0 bridgehead atoms. The van der Waals surface area contributed by atoms with Gasteiger partial charge in [0.05, 0.1) is 23.7 Å². The standard InChI is InChI=1S/C28H29F3N2O2S/c1-15-18(13-19-20(29)8-6-9-21(19)30)27-33(23(28(2,3)36-27)14-32-16-11-12-16)26(34)24(15)17-7-5-10-22(35-4)25(17)31/h5-10,16,23,32H,11-14H2,1-4H3. The number of rotatable bonds is 7. The first-order chi connectivity index (χ1) is 17.1. The molecule has 1 fully saturated rings. The molecule has 2 heterocycles. The Labute approximate surface area is 212 Å². The number of halogens is 3. The van der Waals surface area contributed by atoms with Crippen LogP contribution in [0, 0.1) is 24.4 Å². The summed E-state index contributed by atoms with van der Waals surface area (Å²) in [6.45, 7) is 6.44. The topological polar surface area (TPSA) is 43.3 Å². The van der Waals surface area contributed by atoms with Crippen LogP contribution in [0.1, 0.15) is 49.4 Å². The third-order valence-corrected chi connectivity index (χ3v) is 8.69. The molecule has 1 aliphatic carbocycles. The van der Waals surface area contributed by atoms with Crippen molar-refractivity contribution in [3.05, 3.63) is 80.9 Å². The summed E-state index contributed by atoms with van der Waals surface area (Å²) in [6.07, 6.45) is 2.16. The molecule has 8 heteroatoms. The molecule has 190 valence electrons. The number of ether oxygens (including phenoxy) is 1. The van der Waals surface area contributed by atoms with E-state index < -0.39 is 17.5 Å². The molecule has 36 heavy (non-hydrogen) atoms. The summed E-state index contributed by atoms with van der Waals surface area (Å²) in [6, 6.07) is 8.69. The van der Waals surface area contributed by atoms with Crippen LogP contribution in [0.2, 0.25) is 0 Å². The average molecular weight is 515 g/mol. The molecule has 0 spiro atoms. The number of methoxy groups -OCH3 is 1. The molecule has 0 saturated heterocycles. The van der Waals surface area contributed by atoms with E-state index >= 15 is 4.39 Å². The second kappa shape index (κ2) is 9.30. The Hall–Kier alpha value is -2.71. The predicted octanol–water partition coefficient (Wildman–Crippen LogP) is 6.02. The first kappa shape index (κ1) is 25.0. The van der Waals surface area contributed by atoms with E-state index in [0.717, 1.165) is 12.8 Å². The van der Waals surface area contributed by atoms with E-state index in [9.17, 15) is 13.6 Å². The second-order valence-electron chi connectivity index (χ2n) is 10.1. The molecule has 1 atom stereocenters. The van der Waals surface area contributed by atoms with Gasteiger partial charge in [-0.15, -0.1) is 0 Å². The van der Waals surface area contributed by atoms with Crippen molar-refractivity contribution in [2.45, 2.75) is 61.9 Å². The van der Waals surface area contributed by atoms with Gasteiger partial charge in [-0.05, 0) is 62.9 Å².